The molecule has 0 aliphatic heterocycles. The topological polar surface area (TPSA) is 74.2 Å². The van der Waals surface area contributed by atoms with Crippen LogP contribution in [0.3, 0.4) is 0 Å². The van der Waals surface area contributed by atoms with Gasteiger partial charge in [-0.2, -0.15) is 0 Å². The lowest BCUT2D eigenvalue weighted by atomic mass is 10.2. The summed E-state index contributed by atoms with van der Waals surface area (Å²) in [6, 6.07) is 5.64. The van der Waals surface area contributed by atoms with E-state index >= 15 is 0 Å². The Morgan fingerprint density at radius 1 is 1.29 bits per heavy atom. The fourth-order valence-corrected chi connectivity index (χ4v) is 3.21. The molecule has 0 aliphatic rings. The van der Waals surface area contributed by atoms with Crippen LogP contribution in [0.5, 0.6) is 0 Å². The van der Waals surface area contributed by atoms with Crippen molar-refractivity contribution < 1.29 is 18.1 Å². The van der Waals surface area contributed by atoms with Crippen molar-refractivity contribution in [2.45, 2.75) is 44.4 Å². The Morgan fingerprint density at radius 2 is 2.10 bits per heavy atom. The highest BCUT2D eigenvalue weighted by molar-refractivity contribution is 7.99. The highest BCUT2D eigenvalue weighted by atomic mass is 32.2. The Morgan fingerprint density at radius 3 is 2.77 bits per heavy atom. The number of oxazole rings is 1. The second-order valence-electron chi connectivity index (χ2n) is 6.90. The summed E-state index contributed by atoms with van der Waals surface area (Å²) >= 11 is 1.32. The van der Waals surface area contributed by atoms with Gasteiger partial charge in [0.1, 0.15) is 16.5 Å². The van der Waals surface area contributed by atoms with Gasteiger partial charge in [0.25, 0.3) is 0 Å². The molecule has 0 unspecified atom stereocenters. The second-order valence-corrected chi connectivity index (χ2v) is 7.89. The van der Waals surface area contributed by atoms with E-state index < -0.39 is 5.83 Å². The zero-order valence-electron chi connectivity index (χ0n) is 17.9. The van der Waals surface area contributed by atoms with Crippen LogP contribution in [0.15, 0.2) is 73.6 Å². The van der Waals surface area contributed by atoms with E-state index in [1.54, 1.807) is 32.2 Å². The molecule has 3 aromatic rings. The van der Waals surface area contributed by atoms with Crippen molar-refractivity contribution in [2.24, 2.45) is 0 Å². The molecule has 0 atom stereocenters. The summed E-state index contributed by atoms with van der Waals surface area (Å²) in [6.07, 6.45) is 4.72. The van der Waals surface area contributed by atoms with Gasteiger partial charge in [-0.25, -0.2) is 14.4 Å². The van der Waals surface area contributed by atoms with Crippen molar-refractivity contribution in [1.29, 1.82) is 0 Å². The zero-order chi connectivity index (χ0) is 22.4. The zero-order valence-corrected chi connectivity index (χ0v) is 18.8. The number of nitrogens with zero attached hydrogens (tertiary/aromatic N) is 3. The molecule has 0 saturated carbocycles. The maximum atomic E-state index is 13.8. The van der Waals surface area contributed by atoms with Crippen molar-refractivity contribution in [3.8, 4) is 11.5 Å². The summed E-state index contributed by atoms with van der Waals surface area (Å²) in [7, 11) is 0. The number of hydrogen-bond acceptors (Lipinski definition) is 7. The second kappa shape index (κ2) is 10.4. The summed E-state index contributed by atoms with van der Waals surface area (Å²) in [5.41, 5.74) is 3.21. The highest BCUT2D eigenvalue weighted by Gasteiger charge is 2.21. The molecule has 8 heteroatoms. The number of rotatable bonds is 9. The molecule has 0 saturated heterocycles. The number of hydrogen-bond donors (Lipinski definition) is 0. The molecule has 6 nitrogen and oxygen atoms in total. The molecule has 3 heterocycles. The van der Waals surface area contributed by atoms with Gasteiger partial charge in [0.05, 0.1) is 6.61 Å². The third-order valence-electron chi connectivity index (χ3n) is 4.15. The van der Waals surface area contributed by atoms with Crippen molar-refractivity contribution >= 4 is 17.3 Å². The van der Waals surface area contributed by atoms with Gasteiger partial charge in [-0.1, -0.05) is 23.9 Å². The summed E-state index contributed by atoms with van der Waals surface area (Å²) < 4.78 is 30.7. The summed E-state index contributed by atoms with van der Waals surface area (Å²) in [4.78, 5) is 8.99. The van der Waals surface area contributed by atoms with Gasteiger partial charge in [0, 0.05) is 24.4 Å². The molecule has 0 amide bonds. The van der Waals surface area contributed by atoms with E-state index in [2.05, 4.69) is 21.7 Å². The van der Waals surface area contributed by atoms with Crippen molar-refractivity contribution in [3.05, 3.63) is 71.7 Å². The molecule has 0 aliphatic carbocycles. The average Bonchev–Trinajstić information content (AvgIpc) is 3.38. The first kappa shape index (κ1) is 22.7. The van der Waals surface area contributed by atoms with Crippen LogP contribution in [0.1, 0.15) is 37.9 Å². The summed E-state index contributed by atoms with van der Waals surface area (Å²) in [6.45, 7) is 11.8. The lowest BCUT2D eigenvalue weighted by molar-refractivity contribution is 0.128. The number of halogens is 1. The Labute approximate surface area is 184 Å². The van der Waals surface area contributed by atoms with Gasteiger partial charge in [-0.15, -0.1) is 0 Å². The maximum absolute atomic E-state index is 13.8. The van der Waals surface area contributed by atoms with Crippen LogP contribution in [0.25, 0.3) is 17.0 Å². The first-order valence-electron chi connectivity index (χ1n) is 9.72. The van der Waals surface area contributed by atoms with Gasteiger partial charge in [0.2, 0.25) is 5.89 Å². The smallest absolute Gasteiger partial charge is 0.223 e. The number of allylic oxidation sites excluding steroid dienone is 5. The Hall–Kier alpha value is -2.97. The molecular formula is C23H24FN3O3S. The fraction of sp³-hybridized carbons (Fsp3) is 0.261. The molecule has 0 spiro atoms. The van der Waals surface area contributed by atoms with Gasteiger partial charge in [-0.05, 0) is 62.7 Å². The van der Waals surface area contributed by atoms with E-state index in [0.29, 0.717) is 52.5 Å². The molecule has 3 rings (SSSR count). The molecule has 31 heavy (non-hydrogen) atoms. The van der Waals surface area contributed by atoms with E-state index in [0.717, 1.165) is 10.6 Å². The monoisotopic (exact) mass is 441 g/mol. The molecule has 0 N–H and O–H groups in total. The minimum atomic E-state index is -0.402. The third kappa shape index (κ3) is 6.02. The largest absolute Gasteiger partial charge is 0.429 e. The minimum Gasteiger partial charge on any atom is -0.429 e. The SMILES string of the molecule is C=C(C)C(F)=CC=C(C)c1nc(-c2cc(COCC)no2)c(Sc2ccc(C)cn2)o1. The molecule has 0 radical (unpaired) electrons. The van der Waals surface area contributed by atoms with Crippen LogP contribution in [0.4, 0.5) is 4.39 Å². The molecule has 3 aromatic heterocycles. The Bertz CT molecular complexity index is 1110. The molecule has 0 bridgehead atoms. The van der Waals surface area contributed by atoms with Crippen molar-refractivity contribution in [3.63, 3.8) is 0 Å². The summed E-state index contributed by atoms with van der Waals surface area (Å²) in [5, 5.41) is 5.28. The highest BCUT2D eigenvalue weighted by Crippen LogP contribution is 2.37. The molecular weight excluding hydrogens is 417 g/mol. The van der Waals surface area contributed by atoms with E-state index in [1.165, 1.54) is 17.8 Å². The van der Waals surface area contributed by atoms with Crippen LogP contribution in [-0.4, -0.2) is 21.7 Å². The van der Waals surface area contributed by atoms with E-state index in [9.17, 15) is 4.39 Å². The first-order valence-corrected chi connectivity index (χ1v) is 10.5. The normalized spacial score (nSPS) is 12.4. The van der Waals surface area contributed by atoms with Crippen LogP contribution in [0.2, 0.25) is 0 Å². The van der Waals surface area contributed by atoms with Crippen LogP contribution < -0.4 is 0 Å². The first-order chi connectivity index (χ1) is 14.9. The van der Waals surface area contributed by atoms with Crippen LogP contribution in [0, 0.1) is 6.92 Å². The minimum absolute atomic E-state index is 0.344. The lowest BCUT2D eigenvalue weighted by Gasteiger charge is -1.99. The quantitative estimate of drug-likeness (QED) is 0.348. The summed E-state index contributed by atoms with van der Waals surface area (Å²) in [5.74, 6) is 0.397. The average molecular weight is 442 g/mol. The van der Waals surface area contributed by atoms with Crippen LogP contribution >= 0.6 is 11.8 Å². The van der Waals surface area contributed by atoms with E-state index in [1.807, 2.05) is 26.0 Å². The predicted octanol–water partition coefficient (Wildman–Crippen LogP) is 6.55. The van der Waals surface area contributed by atoms with E-state index in [4.69, 9.17) is 13.7 Å². The lowest BCUT2D eigenvalue weighted by Crippen LogP contribution is -1.90. The van der Waals surface area contributed by atoms with Gasteiger partial charge >= 0.3 is 0 Å². The number of pyridine rings is 1. The van der Waals surface area contributed by atoms with E-state index in [-0.39, 0.29) is 0 Å². The number of aryl methyl sites for hydroxylation is 1. The number of ether oxygens (including phenoxy) is 1. The standard InChI is InChI=1S/C23H24FN3O3S/c1-6-28-13-17-11-19(30-27-17)21-23(31-20-10-7-15(4)12-25-20)29-22(26-21)16(5)8-9-18(24)14(2)3/h7-12H,2,6,13H2,1,3-5H3. The van der Waals surface area contributed by atoms with Gasteiger partial charge in [-0.3, -0.25) is 0 Å². The Balaban J connectivity index is 1.97. The molecule has 0 aromatic carbocycles. The molecule has 162 valence electrons. The van der Waals surface area contributed by atoms with Crippen LogP contribution in [-0.2, 0) is 11.3 Å². The Kier molecular flexibility index (Phi) is 7.59. The molecule has 0 fully saturated rings. The van der Waals surface area contributed by atoms with Crippen molar-refractivity contribution in [2.75, 3.05) is 6.61 Å². The number of aromatic nitrogens is 3. The third-order valence-corrected chi connectivity index (χ3v) is 5.06. The van der Waals surface area contributed by atoms with Gasteiger partial charge in [0.15, 0.2) is 16.5 Å². The maximum Gasteiger partial charge on any atom is 0.223 e. The fourth-order valence-electron chi connectivity index (χ4n) is 2.42. The predicted molar refractivity (Wildman–Crippen MR) is 118 cm³/mol. The van der Waals surface area contributed by atoms with Crippen molar-refractivity contribution in [1.82, 2.24) is 15.1 Å². The van der Waals surface area contributed by atoms with Gasteiger partial charge < -0.3 is 13.7 Å².